The van der Waals surface area contributed by atoms with Gasteiger partial charge in [0.25, 0.3) is 5.91 Å². The Morgan fingerprint density at radius 1 is 1.20 bits per heavy atom. The minimum absolute atomic E-state index is 0.0682. The van der Waals surface area contributed by atoms with Gasteiger partial charge in [-0.25, -0.2) is 8.42 Å². The summed E-state index contributed by atoms with van der Waals surface area (Å²) in [5, 5.41) is 0. The summed E-state index contributed by atoms with van der Waals surface area (Å²) in [5.74, 6) is 0.433. The second-order valence-corrected chi connectivity index (χ2v) is 8.65. The molecule has 140 valence electrons. The molecule has 2 rings (SSSR count). The molecule has 6 nitrogen and oxygen atoms in total. The fourth-order valence-corrected chi connectivity index (χ4v) is 4.81. The summed E-state index contributed by atoms with van der Waals surface area (Å²) in [4.78, 5) is 16.8. The Hall–Kier alpha value is -1.44. The van der Waals surface area contributed by atoms with Crippen LogP contribution >= 0.6 is 0 Å². The molecule has 1 unspecified atom stereocenters. The molecule has 25 heavy (non-hydrogen) atoms. The van der Waals surface area contributed by atoms with Crippen molar-refractivity contribution in [3.8, 4) is 0 Å². The maximum Gasteiger partial charge on any atom is 0.253 e. The zero-order chi connectivity index (χ0) is 18.6. The van der Waals surface area contributed by atoms with Crippen molar-refractivity contribution in [1.82, 2.24) is 14.1 Å². The van der Waals surface area contributed by atoms with Gasteiger partial charge in [0.05, 0.1) is 4.90 Å². The summed E-state index contributed by atoms with van der Waals surface area (Å²) in [7, 11) is 0.415. The molecule has 7 heteroatoms. The van der Waals surface area contributed by atoms with E-state index in [1.165, 1.54) is 16.4 Å². The molecular weight excluding hydrogens is 338 g/mol. The third kappa shape index (κ3) is 4.59. The zero-order valence-electron chi connectivity index (χ0n) is 15.6. The minimum Gasteiger partial charge on any atom is -0.341 e. The third-order valence-electron chi connectivity index (χ3n) is 4.81. The number of hydrogen-bond donors (Lipinski definition) is 0. The van der Waals surface area contributed by atoms with Crippen LogP contribution in [0.5, 0.6) is 0 Å². The lowest BCUT2D eigenvalue weighted by Crippen LogP contribution is -2.33. The molecule has 0 spiro atoms. The van der Waals surface area contributed by atoms with Crippen molar-refractivity contribution < 1.29 is 13.2 Å². The molecule has 1 aromatic rings. The number of carbonyl (C=O) groups is 1. The first kappa shape index (κ1) is 19.9. The Labute approximate surface area is 151 Å². The Morgan fingerprint density at radius 3 is 2.28 bits per heavy atom. The first-order chi connectivity index (χ1) is 11.8. The molecule has 1 saturated heterocycles. The Balaban J connectivity index is 2.07. The number of likely N-dealkylation sites (tertiary alicyclic amines) is 1. The molecule has 1 fully saturated rings. The quantitative estimate of drug-likeness (QED) is 0.736. The van der Waals surface area contributed by atoms with Crippen LogP contribution < -0.4 is 0 Å². The highest BCUT2D eigenvalue weighted by atomic mass is 32.2. The van der Waals surface area contributed by atoms with E-state index < -0.39 is 10.0 Å². The van der Waals surface area contributed by atoms with Crippen LogP contribution in [0.25, 0.3) is 0 Å². The molecule has 0 radical (unpaired) electrons. The van der Waals surface area contributed by atoms with E-state index >= 15 is 0 Å². The first-order valence-corrected chi connectivity index (χ1v) is 10.3. The highest BCUT2D eigenvalue weighted by molar-refractivity contribution is 7.89. The topological polar surface area (TPSA) is 60.9 Å². The van der Waals surface area contributed by atoms with Crippen LogP contribution in [0.2, 0.25) is 0 Å². The standard InChI is InChI=1S/C18H29N3O3S/c1-5-21(6-2)25(23,24)17-9-7-16(8-10-17)18(22)20(4)14-15-11-12-19(3)13-15/h7-10,15H,5-6,11-14H2,1-4H3. The molecule has 0 saturated carbocycles. The first-order valence-electron chi connectivity index (χ1n) is 8.83. The van der Waals surface area contributed by atoms with E-state index in [1.54, 1.807) is 24.1 Å². The van der Waals surface area contributed by atoms with Gasteiger partial charge >= 0.3 is 0 Å². The van der Waals surface area contributed by atoms with Gasteiger partial charge in [0.15, 0.2) is 0 Å². The average Bonchev–Trinajstić information content (AvgIpc) is 3.00. The lowest BCUT2D eigenvalue weighted by Gasteiger charge is -2.22. The van der Waals surface area contributed by atoms with Crippen LogP contribution in [-0.2, 0) is 10.0 Å². The summed E-state index contributed by atoms with van der Waals surface area (Å²) < 4.78 is 26.4. The highest BCUT2D eigenvalue weighted by Gasteiger charge is 2.24. The van der Waals surface area contributed by atoms with Gasteiger partial charge in [0, 0.05) is 38.8 Å². The summed E-state index contributed by atoms with van der Waals surface area (Å²) in [5.41, 5.74) is 0.521. The van der Waals surface area contributed by atoms with Gasteiger partial charge < -0.3 is 9.80 Å². The SMILES string of the molecule is CCN(CC)S(=O)(=O)c1ccc(C(=O)N(C)CC2CCN(C)C2)cc1. The molecule has 1 amide bonds. The van der Waals surface area contributed by atoms with Gasteiger partial charge in [-0.05, 0) is 50.2 Å². The molecule has 1 atom stereocenters. The number of hydrogen-bond acceptors (Lipinski definition) is 4. The normalized spacial score (nSPS) is 18.7. The molecule has 0 aromatic heterocycles. The number of rotatable bonds is 7. The molecule has 0 bridgehead atoms. The molecular formula is C18H29N3O3S. The number of sulfonamides is 1. The summed E-state index contributed by atoms with van der Waals surface area (Å²) in [6.45, 7) is 7.30. The third-order valence-corrected chi connectivity index (χ3v) is 6.88. The smallest absolute Gasteiger partial charge is 0.253 e. The van der Waals surface area contributed by atoms with Crippen LogP contribution in [0.15, 0.2) is 29.2 Å². The monoisotopic (exact) mass is 367 g/mol. The van der Waals surface area contributed by atoms with E-state index in [1.807, 2.05) is 13.8 Å². The molecule has 1 aliphatic rings. The number of nitrogens with zero attached hydrogens (tertiary/aromatic N) is 3. The minimum atomic E-state index is -3.49. The lowest BCUT2D eigenvalue weighted by atomic mass is 10.1. The van der Waals surface area contributed by atoms with Crippen LogP contribution in [-0.4, -0.2) is 75.2 Å². The van der Waals surface area contributed by atoms with E-state index in [-0.39, 0.29) is 10.8 Å². The van der Waals surface area contributed by atoms with Crippen molar-refractivity contribution in [2.24, 2.45) is 5.92 Å². The van der Waals surface area contributed by atoms with Crippen molar-refractivity contribution in [2.75, 3.05) is 46.8 Å². The van der Waals surface area contributed by atoms with Crippen molar-refractivity contribution in [3.63, 3.8) is 0 Å². The van der Waals surface area contributed by atoms with Gasteiger partial charge in [-0.2, -0.15) is 4.31 Å². The fourth-order valence-electron chi connectivity index (χ4n) is 3.35. The number of amides is 1. The van der Waals surface area contributed by atoms with E-state index in [0.717, 1.165) is 26.1 Å². The zero-order valence-corrected chi connectivity index (χ0v) is 16.4. The number of benzene rings is 1. The van der Waals surface area contributed by atoms with Crippen LogP contribution in [0, 0.1) is 5.92 Å². The van der Waals surface area contributed by atoms with Crippen molar-refractivity contribution in [3.05, 3.63) is 29.8 Å². The Morgan fingerprint density at radius 2 is 1.80 bits per heavy atom. The van der Waals surface area contributed by atoms with Gasteiger partial charge in [0.1, 0.15) is 0 Å². The van der Waals surface area contributed by atoms with Crippen molar-refractivity contribution >= 4 is 15.9 Å². The average molecular weight is 368 g/mol. The maximum atomic E-state index is 12.6. The molecule has 1 aromatic carbocycles. The Bertz CT molecular complexity index is 684. The summed E-state index contributed by atoms with van der Waals surface area (Å²) >= 11 is 0. The van der Waals surface area contributed by atoms with Crippen LogP contribution in [0.1, 0.15) is 30.6 Å². The van der Waals surface area contributed by atoms with E-state index in [0.29, 0.717) is 24.6 Å². The Kier molecular flexibility index (Phi) is 6.59. The molecule has 0 aliphatic carbocycles. The molecule has 1 heterocycles. The number of carbonyl (C=O) groups excluding carboxylic acids is 1. The highest BCUT2D eigenvalue weighted by Crippen LogP contribution is 2.19. The van der Waals surface area contributed by atoms with Gasteiger partial charge in [-0.3, -0.25) is 4.79 Å². The fraction of sp³-hybridized carbons (Fsp3) is 0.611. The van der Waals surface area contributed by atoms with Gasteiger partial charge in [-0.1, -0.05) is 13.8 Å². The largest absolute Gasteiger partial charge is 0.341 e. The van der Waals surface area contributed by atoms with E-state index in [2.05, 4.69) is 11.9 Å². The van der Waals surface area contributed by atoms with Gasteiger partial charge in [0.2, 0.25) is 10.0 Å². The van der Waals surface area contributed by atoms with E-state index in [9.17, 15) is 13.2 Å². The maximum absolute atomic E-state index is 12.6. The predicted octanol–water partition coefficient (Wildman–Crippen LogP) is 1.74. The van der Waals surface area contributed by atoms with Gasteiger partial charge in [-0.15, -0.1) is 0 Å². The second kappa shape index (κ2) is 8.29. The van der Waals surface area contributed by atoms with Crippen molar-refractivity contribution in [1.29, 1.82) is 0 Å². The second-order valence-electron chi connectivity index (χ2n) is 6.72. The van der Waals surface area contributed by atoms with Crippen LogP contribution in [0.3, 0.4) is 0 Å². The summed E-state index contributed by atoms with van der Waals surface area (Å²) in [6, 6.07) is 6.27. The van der Waals surface area contributed by atoms with E-state index in [4.69, 9.17) is 0 Å². The summed E-state index contributed by atoms with van der Waals surface area (Å²) in [6.07, 6.45) is 1.11. The lowest BCUT2D eigenvalue weighted by molar-refractivity contribution is 0.0774. The molecule has 1 aliphatic heterocycles. The molecule has 0 N–H and O–H groups in total. The van der Waals surface area contributed by atoms with Crippen LogP contribution in [0.4, 0.5) is 0 Å². The predicted molar refractivity (Wildman–Crippen MR) is 99.1 cm³/mol. The van der Waals surface area contributed by atoms with Crippen molar-refractivity contribution in [2.45, 2.75) is 25.2 Å².